The summed E-state index contributed by atoms with van der Waals surface area (Å²) in [6.07, 6.45) is 2.45. The molecular formula is C24H24F2N4O3. The molecule has 2 N–H and O–H groups in total. The van der Waals surface area contributed by atoms with Crippen molar-refractivity contribution in [2.45, 2.75) is 50.2 Å². The summed E-state index contributed by atoms with van der Waals surface area (Å²) in [5.74, 6) is -2.68. The molecule has 1 saturated carbocycles. The quantitative estimate of drug-likeness (QED) is 0.619. The molecule has 2 aliphatic rings. The first kappa shape index (κ1) is 21.5. The lowest BCUT2D eigenvalue weighted by molar-refractivity contribution is -0.0862. The third-order valence-electron chi connectivity index (χ3n) is 6.15. The molecule has 0 spiro atoms. The fourth-order valence-corrected chi connectivity index (χ4v) is 4.42. The number of aliphatic hydroxyl groups excluding tert-OH is 1. The number of carbonyl (C=O) groups is 1. The summed E-state index contributed by atoms with van der Waals surface area (Å²) < 4.78 is 34.5. The van der Waals surface area contributed by atoms with Crippen molar-refractivity contribution in [1.29, 1.82) is 0 Å². The van der Waals surface area contributed by atoms with Gasteiger partial charge in [0.1, 0.15) is 11.4 Å². The molecule has 1 aliphatic carbocycles. The van der Waals surface area contributed by atoms with Gasteiger partial charge in [0.2, 0.25) is 0 Å². The Morgan fingerprint density at radius 2 is 2.12 bits per heavy atom. The largest absolute Gasteiger partial charge is 0.491 e. The van der Waals surface area contributed by atoms with E-state index in [2.05, 4.69) is 15.4 Å². The fraction of sp³-hybridized carbons (Fsp3) is 0.375. The first-order valence-corrected chi connectivity index (χ1v) is 11.0. The van der Waals surface area contributed by atoms with Gasteiger partial charge < -0.3 is 15.2 Å². The van der Waals surface area contributed by atoms with Gasteiger partial charge in [-0.05, 0) is 36.2 Å². The smallest absolute Gasteiger partial charge is 0.270 e. The average molecular weight is 454 g/mol. The van der Waals surface area contributed by atoms with Crippen molar-refractivity contribution in [2.75, 3.05) is 6.61 Å². The van der Waals surface area contributed by atoms with Crippen LogP contribution in [0.15, 0.2) is 48.8 Å². The van der Waals surface area contributed by atoms with Crippen LogP contribution in [0.5, 0.6) is 5.75 Å². The number of pyridine rings is 1. The van der Waals surface area contributed by atoms with E-state index in [0.29, 0.717) is 30.9 Å². The van der Waals surface area contributed by atoms with Crippen molar-refractivity contribution >= 4 is 5.91 Å². The van der Waals surface area contributed by atoms with Gasteiger partial charge in [-0.2, -0.15) is 5.10 Å². The summed E-state index contributed by atoms with van der Waals surface area (Å²) in [4.78, 5) is 17.3. The maximum absolute atomic E-state index is 13.5. The molecule has 1 fully saturated rings. The Labute approximate surface area is 189 Å². The Hall–Kier alpha value is -3.33. The molecule has 9 heteroatoms. The third kappa shape index (κ3) is 4.59. The highest BCUT2D eigenvalue weighted by atomic mass is 19.3. The van der Waals surface area contributed by atoms with E-state index in [1.807, 2.05) is 36.5 Å². The lowest BCUT2D eigenvalue weighted by atomic mass is 9.89. The lowest BCUT2D eigenvalue weighted by Crippen LogP contribution is -2.49. The Morgan fingerprint density at radius 3 is 2.85 bits per heavy atom. The molecule has 0 radical (unpaired) electrons. The normalized spacial score (nSPS) is 21.3. The number of aromatic nitrogens is 3. The van der Waals surface area contributed by atoms with Crippen molar-refractivity contribution in [3.05, 3.63) is 71.3 Å². The number of amides is 1. The lowest BCUT2D eigenvalue weighted by Gasteiger charge is -2.33. The second-order valence-corrected chi connectivity index (χ2v) is 8.58. The van der Waals surface area contributed by atoms with Gasteiger partial charge in [0.05, 0.1) is 30.1 Å². The van der Waals surface area contributed by atoms with Crippen LogP contribution in [0.25, 0.3) is 5.69 Å². The maximum Gasteiger partial charge on any atom is 0.270 e. The second kappa shape index (κ2) is 8.55. The number of rotatable bonds is 5. The zero-order chi connectivity index (χ0) is 23.0. The monoisotopic (exact) mass is 454 g/mol. The van der Waals surface area contributed by atoms with Gasteiger partial charge in [-0.25, -0.2) is 18.4 Å². The van der Waals surface area contributed by atoms with Crippen molar-refractivity contribution in [1.82, 2.24) is 20.1 Å². The van der Waals surface area contributed by atoms with E-state index < -0.39 is 30.4 Å². The van der Waals surface area contributed by atoms with Gasteiger partial charge >= 0.3 is 0 Å². The molecule has 1 aromatic carbocycles. The minimum absolute atomic E-state index is 0.0173. The Kier molecular flexibility index (Phi) is 5.57. The van der Waals surface area contributed by atoms with Crippen LogP contribution in [0, 0.1) is 0 Å². The van der Waals surface area contributed by atoms with E-state index in [0.717, 1.165) is 16.8 Å². The van der Waals surface area contributed by atoms with Crippen LogP contribution in [0.3, 0.4) is 0 Å². The number of hydrogen-bond acceptors (Lipinski definition) is 5. The van der Waals surface area contributed by atoms with Crippen molar-refractivity contribution in [3.63, 3.8) is 0 Å². The zero-order valence-corrected chi connectivity index (χ0v) is 17.9. The van der Waals surface area contributed by atoms with Gasteiger partial charge in [0.25, 0.3) is 11.8 Å². The summed E-state index contributed by atoms with van der Waals surface area (Å²) >= 11 is 0. The summed E-state index contributed by atoms with van der Waals surface area (Å²) in [6.45, 7) is 0.495. The maximum atomic E-state index is 13.5. The molecule has 0 unspecified atom stereocenters. The van der Waals surface area contributed by atoms with Gasteiger partial charge in [0, 0.05) is 43.6 Å². The van der Waals surface area contributed by atoms with E-state index in [-0.39, 0.29) is 18.5 Å². The molecule has 1 aliphatic heterocycles. The molecule has 1 amide bonds. The summed E-state index contributed by atoms with van der Waals surface area (Å²) in [5.41, 5.74) is 3.72. The van der Waals surface area contributed by atoms with E-state index in [1.54, 1.807) is 16.9 Å². The summed E-state index contributed by atoms with van der Waals surface area (Å²) in [5, 5.41) is 17.0. The Morgan fingerprint density at radius 1 is 1.30 bits per heavy atom. The van der Waals surface area contributed by atoms with Crippen LogP contribution in [0.4, 0.5) is 8.78 Å². The minimum atomic E-state index is -2.90. The van der Waals surface area contributed by atoms with E-state index in [9.17, 15) is 18.7 Å². The SMILES string of the molecule is O=C(N[C@@H]1CCC(F)(F)C[C@H]1O)c1cc(Cc2ccc(-n3cccn3)cc2)c2c(n1)CCO2. The molecule has 2 aromatic heterocycles. The average Bonchev–Trinajstić information content (AvgIpc) is 3.48. The van der Waals surface area contributed by atoms with Crippen molar-refractivity contribution in [3.8, 4) is 11.4 Å². The van der Waals surface area contributed by atoms with Gasteiger partial charge in [-0.3, -0.25) is 4.79 Å². The van der Waals surface area contributed by atoms with Crippen LogP contribution in [-0.2, 0) is 12.8 Å². The highest BCUT2D eigenvalue weighted by molar-refractivity contribution is 5.93. The van der Waals surface area contributed by atoms with Crippen LogP contribution >= 0.6 is 0 Å². The molecule has 2 atom stereocenters. The van der Waals surface area contributed by atoms with Crippen LogP contribution in [0.1, 0.15) is 46.6 Å². The molecule has 33 heavy (non-hydrogen) atoms. The number of nitrogens with one attached hydrogen (secondary N) is 1. The van der Waals surface area contributed by atoms with E-state index in [1.165, 1.54) is 0 Å². The fourth-order valence-electron chi connectivity index (χ4n) is 4.42. The molecule has 7 nitrogen and oxygen atoms in total. The number of fused-ring (bicyclic) bond motifs is 1. The second-order valence-electron chi connectivity index (χ2n) is 8.58. The zero-order valence-electron chi connectivity index (χ0n) is 17.9. The highest BCUT2D eigenvalue weighted by Gasteiger charge is 2.41. The predicted octanol–water partition coefficient (Wildman–Crippen LogP) is 3.07. The first-order chi connectivity index (χ1) is 15.9. The number of ether oxygens (including phenoxy) is 1. The minimum Gasteiger partial charge on any atom is -0.491 e. The molecular weight excluding hydrogens is 430 g/mol. The molecule has 5 rings (SSSR count). The number of aliphatic hydroxyl groups is 1. The Bertz CT molecular complexity index is 1150. The number of benzene rings is 1. The molecule has 3 aromatic rings. The predicted molar refractivity (Wildman–Crippen MR) is 116 cm³/mol. The van der Waals surface area contributed by atoms with Crippen molar-refractivity contribution in [2.24, 2.45) is 0 Å². The van der Waals surface area contributed by atoms with Gasteiger partial charge in [0.15, 0.2) is 0 Å². The standard InChI is InChI=1S/C24H24F2N4O3/c25-24(26)8-6-18(21(31)14-24)29-23(32)20-13-16(22-19(28-20)7-11-33-22)12-15-2-4-17(5-3-15)30-10-1-9-27-30/h1-5,9-10,13,18,21,31H,6-8,11-12,14H2,(H,29,32)/t18-,21-/m1/s1. The molecule has 3 heterocycles. The van der Waals surface area contributed by atoms with E-state index >= 15 is 0 Å². The number of alkyl halides is 2. The van der Waals surface area contributed by atoms with Crippen LogP contribution < -0.4 is 10.1 Å². The topological polar surface area (TPSA) is 89.3 Å². The van der Waals surface area contributed by atoms with Crippen molar-refractivity contribution < 1.29 is 23.4 Å². The van der Waals surface area contributed by atoms with Crippen LogP contribution in [-0.4, -0.2) is 50.5 Å². The Balaban J connectivity index is 1.35. The number of carbonyl (C=O) groups excluding carboxylic acids is 1. The third-order valence-corrected chi connectivity index (χ3v) is 6.15. The van der Waals surface area contributed by atoms with Crippen LogP contribution in [0.2, 0.25) is 0 Å². The van der Waals surface area contributed by atoms with Gasteiger partial charge in [-0.1, -0.05) is 12.1 Å². The van der Waals surface area contributed by atoms with E-state index in [4.69, 9.17) is 4.74 Å². The summed E-state index contributed by atoms with van der Waals surface area (Å²) in [6, 6.07) is 10.8. The number of nitrogens with zero attached hydrogens (tertiary/aromatic N) is 3. The summed E-state index contributed by atoms with van der Waals surface area (Å²) in [7, 11) is 0. The molecule has 0 bridgehead atoms. The molecule has 0 saturated heterocycles. The molecule has 172 valence electrons. The first-order valence-electron chi connectivity index (χ1n) is 11.0. The number of hydrogen-bond donors (Lipinski definition) is 2. The van der Waals surface area contributed by atoms with Gasteiger partial charge in [-0.15, -0.1) is 0 Å². The highest BCUT2D eigenvalue weighted by Crippen LogP contribution is 2.34. The number of halogens is 2.